The van der Waals surface area contributed by atoms with Gasteiger partial charge >= 0.3 is 0 Å². The van der Waals surface area contributed by atoms with E-state index in [-0.39, 0.29) is 0 Å². The van der Waals surface area contributed by atoms with Gasteiger partial charge in [0.05, 0.1) is 30.6 Å². The van der Waals surface area contributed by atoms with E-state index in [4.69, 9.17) is 5.26 Å². The lowest BCUT2D eigenvalue weighted by molar-refractivity contribution is 0.643. The van der Waals surface area contributed by atoms with Crippen LogP contribution in [0, 0.1) is 11.3 Å². The standard InChI is InChI=1S/C17H16N6/c18-7-2-8-23-17-15(10-21-23)16(19-11-20-17)22-14-6-5-12-3-1-4-13(12)9-14/h5-6,9-11H,1-4,8H2,(H,19,20,22). The molecular formula is C17H16N6. The van der Waals surface area contributed by atoms with E-state index in [1.165, 1.54) is 30.3 Å². The Labute approximate surface area is 133 Å². The number of nitriles is 1. The fraction of sp³-hybridized carbons (Fsp3) is 0.294. The van der Waals surface area contributed by atoms with E-state index < -0.39 is 0 Å². The maximum atomic E-state index is 8.73. The number of aryl methyl sites for hydroxylation is 3. The minimum Gasteiger partial charge on any atom is -0.340 e. The summed E-state index contributed by atoms with van der Waals surface area (Å²) in [6.07, 6.45) is 7.26. The van der Waals surface area contributed by atoms with Crippen LogP contribution in [0.25, 0.3) is 11.0 Å². The molecule has 1 aliphatic carbocycles. The zero-order chi connectivity index (χ0) is 15.6. The lowest BCUT2D eigenvalue weighted by atomic mass is 10.1. The number of hydrogen-bond acceptors (Lipinski definition) is 5. The summed E-state index contributed by atoms with van der Waals surface area (Å²) in [7, 11) is 0. The van der Waals surface area contributed by atoms with Crippen LogP contribution in [0.2, 0.25) is 0 Å². The van der Waals surface area contributed by atoms with Gasteiger partial charge in [-0.3, -0.25) is 0 Å². The highest BCUT2D eigenvalue weighted by Gasteiger charge is 2.13. The maximum Gasteiger partial charge on any atom is 0.163 e. The zero-order valence-corrected chi connectivity index (χ0v) is 12.7. The van der Waals surface area contributed by atoms with Gasteiger partial charge in [0, 0.05) is 5.69 Å². The van der Waals surface area contributed by atoms with Crippen LogP contribution in [-0.2, 0) is 19.4 Å². The molecule has 2 heterocycles. The molecule has 3 aromatic rings. The van der Waals surface area contributed by atoms with Crippen LogP contribution in [0.4, 0.5) is 11.5 Å². The molecule has 0 saturated heterocycles. The lowest BCUT2D eigenvalue weighted by Crippen LogP contribution is -2.01. The predicted octanol–water partition coefficient (Wildman–Crippen LogP) is 2.97. The summed E-state index contributed by atoms with van der Waals surface area (Å²) >= 11 is 0. The van der Waals surface area contributed by atoms with Crippen molar-refractivity contribution in [3.05, 3.63) is 41.9 Å². The van der Waals surface area contributed by atoms with E-state index in [1.54, 1.807) is 10.9 Å². The number of benzene rings is 1. The van der Waals surface area contributed by atoms with E-state index in [0.29, 0.717) is 13.0 Å². The van der Waals surface area contributed by atoms with Crippen LogP contribution in [0.1, 0.15) is 24.0 Å². The van der Waals surface area contributed by atoms with Crippen molar-refractivity contribution in [3.8, 4) is 6.07 Å². The molecule has 0 unspecified atom stereocenters. The summed E-state index contributed by atoms with van der Waals surface area (Å²) in [5.74, 6) is 0.746. The number of nitrogens with zero attached hydrogens (tertiary/aromatic N) is 5. The van der Waals surface area contributed by atoms with E-state index in [0.717, 1.165) is 29.0 Å². The molecule has 4 rings (SSSR count). The van der Waals surface area contributed by atoms with Crippen LogP contribution in [0.5, 0.6) is 0 Å². The predicted molar refractivity (Wildman–Crippen MR) is 87.3 cm³/mol. The van der Waals surface area contributed by atoms with Crippen LogP contribution in [-0.4, -0.2) is 19.7 Å². The molecule has 1 N–H and O–H groups in total. The number of anilines is 2. The maximum absolute atomic E-state index is 8.73. The van der Waals surface area contributed by atoms with Gasteiger partial charge < -0.3 is 5.32 Å². The SMILES string of the molecule is N#CCCn1ncc2c(Nc3ccc4c(c3)CCC4)ncnc21. The molecule has 0 bridgehead atoms. The lowest BCUT2D eigenvalue weighted by Gasteiger charge is -2.08. The molecule has 0 radical (unpaired) electrons. The Bertz CT molecular complexity index is 905. The average Bonchev–Trinajstić information content (AvgIpc) is 3.19. The first-order valence-electron chi connectivity index (χ1n) is 7.77. The number of nitrogens with one attached hydrogen (secondary N) is 1. The smallest absolute Gasteiger partial charge is 0.163 e. The van der Waals surface area contributed by atoms with Crippen molar-refractivity contribution in [2.45, 2.75) is 32.2 Å². The van der Waals surface area contributed by atoms with Gasteiger partial charge in [-0.05, 0) is 42.5 Å². The topological polar surface area (TPSA) is 79.4 Å². The second kappa shape index (κ2) is 5.69. The van der Waals surface area contributed by atoms with Crippen molar-refractivity contribution in [2.24, 2.45) is 0 Å². The molecule has 0 spiro atoms. The largest absolute Gasteiger partial charge is 0.340 e. The molecule has 2 aromatic heterocycles. The van der Waals surface area contributed by atoms with E-state index >= 15 is 0 Å². The molecule has 114 valence electrons. The van der Waals surface area contributed by atoms with E-state index in [2.05, 4.69) is 44.7 Å². The van der Waals surface area contributed by atoms with Gasteiger partial charge in [-0.2, -0.15) is 10.4 Å². The van der Waals surface area contributed by atoms with Crippen LogP contribution in [0.15, 0.2) is 30.7 Å². The van der Waals surface area contributed by atoms with Crippen molar-refractivity contribution in [1.82, 2.24) is 19.7 Å². The van der Waals surface area contributed by atoms with Crippen molar-refractivity contribution in [2.75, 3.05) is 5.32 Å². The minimum atomic E-state index is 0.411. The molecule has 0 saturated carbocycles. The second-order valence-corrected chi connectivity index (χ2v) is 5.70. The molecule has 6 nitrogen and oxygen atoms in total. The number of fused-ring (bicyclic) bond motifs is 2. The van der Waals surface area contributed by atoms with Gasteiger partial charge in [0.1, 0.15) is 12.1 Å². The Morgan fingerprint density at radius 2 is 2.13 bits per heavy atom. The highest BCUT2D eigenvalue weighted by Crippen LogP contribution is 2.28. The van der Waals surface area contributed by atoms with Gasteiger partial charge in [0.15, 0.2) is 5.65 Å². The van der Waals surface area contributed by atoms with Crippen LogP contribution in [0.3, 0.4) is 0 Å². The van der Waals surface area contributed by atoms with Crippen molar-refractivity contribution < 1.29 is 0 Å². The third-order valence-electron chi connectivity index (χ3n) is 4.23. The highest BCUT2D eigenvalue weighted by atomic mass is 15.3. The minimum absolute atomic E-state index is 0.411. The Morgan fingerprint density at radius 3 is 3.04 bits per heavy atom. The van der Waals surface area contributed by atoms with E-state index in [9.17, 15) is 0 Å². The first kappa shape index (κ1) is 13.7. The summed E-state index contributed by atoms with van der Waals surface area (Å²) in [5, 5.41) is 17.3. The molecule has 0 amide bonds. The van der Waals surface area contributed by atoms with Crippen molar-refractivity contribution in [1.29, 1.82) is 5.26 Å². The molecule has 6 heteroatoms. The molecule has 0 atom stereocenters. The summed E-state index contributed by atoms with van der Waals surface area (Å²) in [6, 6.07) is 8.62. The van der Waals surface area contributed by atoms with Gasteiger partial charge in [-0.1, -0.05) is 6.07 Å². The summed E-state index contributed by atoms with van der Waals surface area (Å²) in [6.45, 7) is 0.537. The van der Waals surface area contributed by atoms with Gasteiger partial charge in [-0.25, -0.2) is 14.6 Å². The molecule has 0 fully saturated rings. The Morgan fingerprint density at radius 1 is 1.22 bits per heavy atom. The summed E-state index contributed by atoms with van der Waals surface area (Å²) in [5.41, 5.74) is 4.66. The first-order valence-corrected chi connectivity index (χ1v) is 7.77. The number of hydrogen-bond donors (Lipinski definition) is 1. The van der Waals surface area contributed by atoms with Gasteiger partial charge in [-0.15, -0.1) is 0 Å². The summed E-state index contributed by atoms with van der Waals surface area (Å²) in [4.78, 5) is 8.64. The Hall–Kier alpha value is -2.94. The van der Waals surface area contributed by atoms with Crippen LogP contribution >= 0.6 is 0 Å². The average molecular weight is 304 g/mol. The van der Waals surface area contributed by atoms with Crippen LogP contribution < -0.4 is 5.32 Å². The fourth-order valence-electron chi connectivity index (χ4n) is 3.10. The first-order chi connectivity index (χ1) is 11.3. The van der Waals surface area contributed by atoms with E-state index in [1.807, 2.05) is 0 Å². The summed E-state index contributed by atoms with van der Waals surface area (Å²) < 4.78 is 1.74. The quantitative estimate of drug-likeness (QED) is 0.801. The Kier molecular flexibility index (Phi) is 3.39. The zero-order valence-electron chi connectivity index (χ0n) is 12.7. The Balaban J connectivity index is 1.66. The molecule has 0 aliphatic heterocycles. The third-order valence-corrected chi connectivity index (χ3v) is 4.23. The van der Waals surface area contributed by atoms with Gasteiger partial charge in [0.2, 0.25) is 0 Å². The fourth-order valence-corrected chi connectivity index (χ4v) is 3.10. The monoisotopic (exact) mass is 304 g/mol. The third kappa shape index (κ3) is 2.50. The van der Waals surface area contributed by atoms with Gasteiger partial charge in [0.25, 0.3) is 0 Å². The molecule has 23 heavy (non-hydrogen) atoms. The normalized spacial score (nSPS) is 13.0. The molecule has 1 aromatic carbocycles. The van der Waals surface area contributed by atoms with Crippen molar-refractivity contribution >= 4 is 22.5 Å². The molecular weight excluding hydrogens is 288 g/mol. The second-order valence-electron chi connectivity index (χ2n) is 5.70. The highest BCUT2D eigenvalue weighted by molar-refractivity contribution is 5.88. The number of aromatic nitrogens is 4. The number of rotatable bonds is 4. The molecule has 1 aliphatic rings. The van der Waals surface area contributed by atoms with Crippen molar-refractivity contribution in [3.63, 3.8) is 0 Å².